The van der Waals surface area contributed by atoms with Crippen LogP contribution in [0, 0.1) is 41.7 Å². The van der Waals surface area contributed by atoms with Gasteiger partial charge in [0, 0.05) is 46.3 Å². The number of hydrogen-bond acceptors (Lipinski definition) is 2. The monoisotopic (exact) mass is 220 g/mol. The minimum Gasteiger partial charge on any atom is -0.448 e. The van der Waals surface area contributed by atoms with E-state index in [9.17, 15) is 4.53 Å². The Morgan fingerprint density at radius 1 is 1.83 bits per heavy atom. The molecular formula is CHCeFO3. The van der Waals surface area contributed by atoms with Crippen LogP contribution in [-0.4, -0.2) is 11.3 Å². The Bertz CT molecular complexity index is 46.1. The van der Waals surface area contributed by atoms with Crippen LogP contribution in [0.4, 0.5) is 9.32 Å². The van der Waals surface area contributed by atoms with E-state index in [0.717, 1.165) is 0 Å². The van der Waals surface area contributed by atoms with E-state index in [-0.39, 0.29) is 41.7 Å². The molecular weight excluding hydrogens is 219 g/mol. The van der Waals surface area contributed by atoms with Gasteiger partial charge in [0.05, 0.1) is 0 Å². The van der Waals surface area contributed by atoms with Crippen LogP contribution in [0.1, 0.15) is 0 Å². The first-order chi connectivity index (χ1) is 2.27. The molecule has 0 saturated heterocycles. The zero-order valence-corrected chi connectivity index (χ0v) is 5.78. The molecule has 5 heteroatoms. The fourth-order valence-electron chi connectivity index (χ4n) is 0. The molecule has 0 radical (unpaired) electrons. The van der Waals surface area contributed by atoms with Gasteiger partial charge in [-0.05, 0) is 0 Å². The molecule has 0 aliphatic heterocycles. The van der Waals surface area contributed by atoms with E-state index in [4.69, 9.17) is 9.90 Å². The van der Waals surface area contributed by atoms with Gasteiger partial charge in [-0.25, -0.2) is 9.74 Å². The molecule has 0 amide bonds. The van der Waals surface area contributed by atoms with Crippen molar-refractivity contribution in [2.45, 2.75) is 0 Å². The van der Waals surface area contributed by atoms with Gasteiger partial charge in [-0.15, -0.1) is 0 Å². The summed E-state index contributed by atoms with van der Waals surface area (Å²) >= 11 is 0. The first-order valence-corrected chi connectivity index (χ1v) is 0.786. The Balaban J connectivity index is 0. The molecule has 0 aromatic heterocycles. The smallest absolute Gasteiger partial charge is 0.448 e. The summed E-state index contributed by atoms with van der Waals surface area (Å²) in [5.74, 6) is 0. The Labute approximate surface area is 66.8 Å². The molecule has 0 aliphatic rings. The summed E-state index contributed by atoms with van der Waals surface area (Å²) in [6, 6.07) is 0. The van der Waals surface area contributed by atoms with Crippen molar-refractivity contribution in [3.8, 4) is 0 Å². The van der Waals surface area contributed by atoms with Gasteiger partial charge in [0.15, 0.2) is 0 Å². The van der Waals surface area contributed by atoms with Crippen molar-refractivity contribution < 1.29 is 61.1 Å². The van der Waals surface area contributed by atoms with Crippen LogP contribution in [0.3, 0.4) is 0 Å². The fraction of sp³-hybridized carbons (Fsp3) is 0. The summed E-state index contributed by atoms with van der Waals surface area (Å²) in [5.41, 5.74) is 0. The van der Waals surface area contributed by atoms with E-state index in [0.29, 0.717) is 0 Å². The van der Waals surface area contributed by atoms with Crippen molar-refractivity contribution >= 4 is 6.16 Å². The Morgan fingerprint density at radius 2 is 2.00 bits per heavy atom. The van der Waals surface area contributed by atoms with Gasteiger partial charge in [-0.2, -0.15) is 0 Å². The van der Waals surface area contributed by atoms with Gasteiger partial charge >= 0.3 is 6.16 Å². The SMILES string of the molecule is O=C(O)OF.[Ce]. The molecule has 0 fully saturated rings. The van der Waals surface area contributed by atoms with E-state index in [1.807, 2.05) is 0 Å². The first-order valence-electron chi connectivity index (χ1n) is 0.786. The summed E-state index contributed by atoms with van der Waals surface area (Å²) in [4.78, 5) is 10.9. The molecule has 34 valence electrons. The minimum atomic E-state index is -1.91. The van der Waals surface area contributed by atoms with Crippen LogP contribution < -0.4 is 0 Å². The van der Waals surface area contributed by atoms with Crippen molar-refractivity contribution in [1.82, 2.24) is 0 Å². The van der Waals surface area contributed by atoms with E-state index >= 15 is 0 Å². The van der Waals surface area contributed by atoms with Gasteiger partial charge in [-0.3, -0.25) is 0 Å². The molecule has 3 nitrogen and oxygen atoms in total. The van der Waals surface area contributed by atoms with Crippen LogP contribution in [0.15, 0.2) is 0 Å². The van der Waals surface area contributed by atoms with Crippen LogP contribution in [0.2, 0.25) is 0 Å². The van der Waals surface area contributed by atoms with Crippen molar-refractivity contribution in [3.05, 3.63) is 0 Å². The normalized spacial score (nSPS) is 5.50. The van der Waals surface area contributed by atoms with Crippen LogP contribution in [0.25, 0.3) is 0 Å². The summed E-state index contributed by atoms with van der Waals surface area (Å²) in [7, 11) is 0. The standard InChI is InChI=1S/CHFO3.Ce/c2-5-1(3)4;/h(H,3,4);. The molecule has 0 aromatic rings. The van der Waals surface area contributed by atoms with Crippen LogP contribution >= 0.6 is 0 Å². The number of rotatable bonds is 0. The fourth-order valence-corrected chi connectivity index (χ4v) is 0. The van der Waals surface area contributed by atoms with E-state index in [1.165, 1.54) is 0 Å². The first kappa shape index (κ1) is 9.76. The third kappa shape index (κ3) is 8.82. The van der Waals surface area contributed by atoms with Crippen LogP contribution in [0.5, 0.6) is 0 Å². The molecule has 0 atom stereocenters. The molecule has 0 spiro atoms. The van der Waals surface area contributed by atoms with Gasteiger partial charge in [-0.1, -0.05) is 0 Å². The topological polar surface area (TPSA) is 46.5 Å². The van der Waals surface area contributed by atoms with Crippen molar-refractivity contribution in [2.24, 2.45) is 0 Å². The molecule has 0 saturated carbocycles. The largest absolute Gasteiger partial charge is 0.542 e. The molecule has 0 heterocycles. The average Bonchev–Trinajstić information content (AvgIpc) is 1.38. The third-order valence-electron chi connectivity index (χ3n) is 0.0660. The van der Waals surface area contributed by atoms with Gasteiger partial charge < -0.3 is 5.11 Å². The molecule has 0 aliphatic carbocycles. The zero-order chi connectivity index (χ0) is 4.28. The summed E-state index contributed by atoms with van der Waals surface area (Å²) in [6.07, 6.45) is -1.91. The zero-order valence-electron chi connectivity index (χ0n) is 2.64. The molecule has 6 heavy (non-hydrogen) atoms. The van der Waals surface area contributed by atoms with Gasteiger partial charge in [0.25, 0.3) is 0 Å². The molecule has 0 bridgehead atoms. The summed E-state index contributed by atoms with van der Waals surface area (Å²) in [5, 5.41) is 7.12. The summed E-state index contributed by atoms with van der Waals surface area (Å²) < 4.78 is 10.0. The quantitative estimate of drug-likeness (QED) is 0.649. The third-order valence-corrected chi connectivity index (χ3v) is 0.0660. The second-order valence-corrected chi connectivity index (χ2v) is 0.343. The second-order valence-electron chi connectivity index (χ2n) is 0.343. The average molecular weight is 220 g/mol. The number of carbonyl (C=O) groups is 1. The van der Waals surface area contributed by atoms with E-state index in [2.05, 4.69) is 4.94 Å². The molecule has 0 unspecified atom stereocenters. The van der Waals surface area contributed by atoms with Crippen molar-refractivity contribution in [1.29, 1.82) is 0 Å². The van der Waals surface area contributed by atoms with Crippen molar-refractivity contribution in [2.75, 3.05) is 0 Å². The number of carboxylic acid groups (broad SMARTS) is 1. The maximum Gasteiger partial charge on any atom is 0.542 e. The number of halogens is 1. The van der Waals surface area contributed by atoms with Gasteiger partial charge in [0.1, 0.15) is 0 Å². The number of hydrogen-bond donors (Lipinski definition) is 1. The minimum absolute atomic E-state index is 0. The molecule has 0 aromatic carbocycles. The Kier molecular flexibility index (Phi) is 9.08. The van der Waals surface area contributed by atoms with E-state index < -0.39 is 6.16 Å². The maximum atomic E-state index is 10.0. The summed E-state index contributed by atoms with van der Waals surface area (Å²) in [6.45, 7) is 0. The predicted octanol–water partition coefficient (Wildman–Crippen LogP) is 0.566. The van der Waals surface area contributed by atoms with Crippen LogP contribution in [-0.2, 0) is 4.94 Å². The van der Waals surface area contributed by atoms with Gasteiger partial charge in [0.2, 0.25) is 0 Å². The van der Waals surface area contributed by atoms with Crippen molar-refractivity contribution in [3.63, 3.8) is 0 Å². The molecule has 0 rings (SSSR count). The Hall–Kier alpha value is 0.577. The molecule has 1 N–H and O–H groups in total. The second kappa shape index (κ2) is 5.58. The Morgan fingerprint density at radius 3 is 2.00 bits per heavy atom. The predicted molar refractivity (Wildman–Crippen MR) is 10.2 cm³/mol. The maximum absolute atomic E-state index is 10.0. The van der Waals surface area contributed by atoms with E-state index in [1.54, 1.807) is 0 Å².